The highest BCUT2D eigenvalue weighted by Gasteiger charge is 2.44. The number of fused-ring (bicyclic) bond motifs is 2. The Bertz CT molecular complexity index is 1200. The number of halogens is 2. The van der Waals surface area contributed by atoms with E-state index in [2.05, 4.69) is 20.1 Å². The van der Waals surface area contributed by atoms with E-state index in [9.17, 15) is 13.6 Å². The predicted octanol–water partition coefficient (Wildman–Crippen LogP) is 3.40. The predicted molar refractivity (Wildman–Crippen MR) is 125 cm³/mol. The minimum atomic E-state index is -2.73. The van der Waals surface area contributed by atoms with E-state index in [1.54, 1.807) is 18.9 Å². The van der Waals surface area contributed by atoms with Crippen molar-refractivity contribution >= 4 is 22.6 Å². The summed E-state index contributed by atoms with van der Waals surface area (Å²) in [6.07, 6.45) is 0.347. The Morgan fingerprint density at radius 3 is 2.85 bits per heavy atom. The summed E-state index contributed by atoms with van der Waals surface area (Å²) >= 11 is 0. The summed E-state index contributed by atoms with van der Waals surface area (Å²) in [6.45, 7) is 6.46. The van der Waals surface area contributed by atoms with E-state index in [0.29, 0.717) is 42.4 Å². The highest BCUT2D eigenvalue weighted by Crippen LogP contribution is 2.41. The number of amides is 1. The van der Waals surface area contributed by atoms with E-state index in [0.717, 1.165) is 29.9 Å². The van der Waals surface area contributed by atoms with Crippen LogP contribution in [0.15, 0.2) is 18.2 Å². The molecular formula is C24H30F2N6O2. The summed E-state index contributed by atoms with van der Waals surface area (Å²) in [5.41, 5.74) is 4.11. The van der Waals surface area contributed by atoms with Crippen molar-refractivity contribution in [1.82, 2.24) is 25.1 Å². The number of alkyl halides is 2. The smallest absolute Gasteiger partial charge is 0.256 e. The summed E-state index contributed by atoms with van der Waals surface area (Å²) in [5, 5.41) is 7.13. The molecule has 182 valence electrons. The number of aromatic amines is 2. The fraction of sp³-hybridized carbons (Fsp3) is 0.542. The number of hydrogen-bond acceptors (Lipinski definition) is 5. The Hall–Kier alpha value is -2.85. The van der Waals surface area contributed by atoms with Crippen LogP contribution in [0.1, 0.15) is 31.5 Å². The van der Waals surface area contributed by atoms with Crippen LogP contribution in [-0.2, 0) is 22.4 Å². The molecule has 34 heavy (non-hydrogen) atoms. The first-order valence-corrected chi connectivity index (χ1v) is 11.8. The van der Waals surface area contributed by atoms with E-state index in [4.69, 9.17) is 9.72 Å². The maximum atomic E-state index is 14.4. The highest BCUT2D eigenvalue weighted by molar-refractivity contribution is 5.98. The summed E-state index contributed by atoms with van der Waals surface area (Å²) in [4.78, 5) is 24.8. The zero-order valence-corrected chi connectivity index (χ0v) is 19.7. The van der Waals surface area contributed by atoms with Crippen LogP contribution in [-0.4, -0.2) is 76.3 Å². The molecule has 3 aromatic rings. The molecule has 1 aliphatic carbocycles. The second kappa shape index (κ2) is 8.74. The SMILES string of the molecule is CC[C@@H]1Cc2c(-c3nc4cc(N(C)C(=O)[C@H](C)N5CCOCC5)ccc4[nH]3)n[nH]c2CC1(F)F. The Balaban J connectivity index is 1.40. The van der Waals surface area contributed by atoms with Crippen molar-refractivity contribution in [2.24, 2.45) is 5.92 Å². The second-order valence-electron chi connectivity index (χ2n) is 9.28. The van der Waals surface area contributed by atoms with E-state index >= 15 is 0 Å². The fourth-order valence-electron chi connectivity index (χ4n) is 5.03. The average Bonchev–Trinajstić information content (AvgIpc) is 3.44. The molecule has 2 atom stereocenters. The molecule has 0 unspecified atom stereocenters. The number of morpholine rings is 1. The number of nitrogens with one attached hydrogen (secondary N) is 2. The summed E-state index contributed by atoms with van der Waals surface area (Å²) < 4.78 is 34.1. The molecular weight excluding hydrogens is 442 g/mol. The number of rotatable bonds is 5. The van der Waals surface area contributed by atoms with Crippen LogP contribution in [0.5, 0.6) is 0 Å². The van der Waals surface area contributed by atoms with Crippen LogP contribution in [0.2, 0.25) is 0 Å². The minimum Gasteiger partial charge on any atom is -0.379 e. The highest BCUT2D eigenvalue weighted by atomic mass is 19.3. The van der Waals surface area contributed by atoms with Gasteiger partial charge in [-0.1, -0.05) is 6.92 Å². The molecule has 8 nitrogen and oxygen atoms in total. The summed E-state index contributed by atoms with van der Waals surface area (Å²) in [7, 11) is 1.77. The van der Waals surface area contributed by atoms with Gasteiger partial charge < -0.3 is 14.6 Å². The first kappa shape index (κ1) is 22.9. The molecule has 2 N–H and O–H groups in total. The molecule has 0 saturated carbocycles. The van der Waals surface area contributed by atoms with Gasteiger partial charge in [0.2, 0.25) is 5.91 Å². The molecule has 2 aliphatic rings. The van der Waals surface area contributed by atoms with Gasteiger partial charge in [0, 0.05) is 43.0 Å². The molecule has 2 aromatic heterocycles. The molecule has 0 bridgehead atoms. The number of carbonyl (C=O) groups excluding carboxylic acids is 1. The van der Waals surface area contributed by atoms with Gasteiger partial charge in [-0.15, -0.1) is 0 Å². The van der Waals surface area contributed by atoms with Gasteiger partial charge in [-0.2, -0.15) is 5.10 Å². The molecule has 1 aromatic carbocycles. The van der Waals surface area contributed by atoms with Crippen LogP contribution in [0.3, 0.4) is 0 Å². The van der Waals surface area contributed by atoms with Crippen molar-refractivity contribution in [2.45, 2.75) is 45.1 Å². The molecule has 5 rings (SSSR count). The number of H-pyrrole nitrogens is 2. The average molecular weight is 473 g/mol. The van der Waals surface area contributed by atoms with Crippen LogP contribution >= 0.6 is 0 Å². The van der Waals surface area contributed by atoms with Gasteiger partial charge >= 0.3 is 0 Å². The Kier molecular flexibility index (Phi) is 5.89. The Morgan fingerprint density at radius 2 is 2.12 bits per heavy atom. The van der Waals surface area contributed by atoms with Gasteiger partial charge in [0.15, 0.2) is 5.82 Å². The molecule has 1 aliphatic heterocycles. The molecule has 3 heterocycles. The number of hydrogen-bond donors (Lipinski definition) is 2. The van der Waals surface area contributed by atoms with Crippen LogP contribution in [0.25, 0.3) is 22.6 Å². The topological polar surface area (TPSA) is 90.1 Å². The van der Waals surface area contributed by atoms with E-state index < -0.39 is 11.8 Å². The van der Waals surface area contributed by atoms with Crippen LogP contribution < -0.4 is 4.90 Å². The van der Waals surface area contributed by atoms with Gasteiger partial charge in [-0.25, -0.2) is 13.8 Å². The lowest BCUT2D eigenvalue weighted by Gasteiger charge is -2.33. The van der Waals surface area contributed by atoms with Gasteiger partial charge in [0.05, 0.1) is 36.7 Å². The normalized spacial score (nSPS) is 21.4. The van der Waals surface area contributed by atoms with Crippen molar-refractivity contribution in [2.75, 3.05) is 38.3 Å². The van der Waals surface area contributed by atoms with Crippen molar-refractivity contribution in [3.63, 3.8) is 0 Å². The zero-order chi connectivity index (χ0) is 24.0. The summed E-state index contributed by atoms with van der Waals surface area (Å²) in [5.74, 6) is -2.89. The first-order valence-electron chi connectivity index (χ1n) is 11.8. The number of benzene rings is 1. The number of nitrogens with zero attached hydrogens (tertiary/aromatic N) is 4. The third-order valence-electron chi connectivity index (χ3n) is 7.27. The van der Waals surface area contributed by atoms with Gasteiger partial charge in [-0.3, -0.25) is 14.8 Å². The largest absolute Gasteiger partial charge is 0.379 e. The number of imidazole rings is 1. The number of likely N-dealkylation sites (N-methyl/N-ethyl adjacent to an activating group) is 1. The number of carbonyl (C=O) groups is 1. The second-order valence-corrected chi connectivity index (χ2v) is 9.28. The van der Waals surface area contributed by atoms with Crippen molar-refractivity contribution in [3.8, 4) is 11.5 Å². The lowest BCUT2D eigenvalue weighted by atomic mass is 9.81. The molecule has 0 radical (unpaired) electrons. The van der Waals surface area contributed by atoms with Crippen molar-refractivity contribution in [1.29, 1.82) is 0 Å². The standard InChI is InChI=1S/C24H30F2N6O2/c1-4-15-11-17-20(13-24(15,25)26)29-30-21(17)22-27-18-6-5-16(12-19(18)28-22)31(3)23(33)14(2)32-7-9-34-10-8-32/h5-6,12,14-15H,4,7-11,13H2,1-3H3,(H,27,28)(H,29,30)/t14-,15+/m0/s1. The van der Waals surface area contributed by atoms with Gasteiger partial charge in [-0.05, 0) is 38.0 Å². The number of aromatic nitrogens is 4. The van der Waals surface area contributed by atoms with E-state index in [1.807, 2.05) is 25.1 Å². The number of ether oxygens (including phenoxy) is 1. The first-order chi connectivity index (χ1) is 16.3. The maximum absolute atomic E-state index is 14.4. The third kappa shape index (κ3) is 3.98. The number of anilines is 1. The third-order valence-corrected chi connectivity index (χ3v) is 7.27. The maximum Gasteiger partial charge on any atom is 0.256 e. The van der Waals surface area contributed by atoms with E-state index in [1.165, 1.54) is 0 Å². The molecule has 1 fully saturated rings. The molecule has 10 heteroatoms. The lowest BCUT2D eigenvalue weighted by molar-refractivity contribution is -0.124. The van der Waals surface area contributed by atoms with Crippen LogP contribution in [0.4, 0.5) is 14.5 Å². The Labute approximate surface area is 196 Å². The molecule has 0 spiro atoms. The molecule has 1 amide bonds. The Morgan fingerprint density at radius 1 is 1.35 bits per heavy atom. The van der Waals surface area contributed by atoms with Crippen LogP contribution in [0, 0.1) is 5.92 Å². The van der Waals surface area contributed by atoms with Crippen molar-refractivity contribution in [3.05, 3.63) is 29.5 Å². The minimum absolute atomic E-state index is 0.00455. The fourth-order valence-corrected chi connectivity index (χ4v) is 5.03. The van der Waals surface area contributed by atoms with Gasteiger partial charge in [0.1, 0.15) is 5.69 Å². The van der Waals surface area contributed by atoms with Gasteiger partial charge in [0.25, 0.3) is 5.92 Å². The van der Waals surface area contributed by atoms with E-state index in [-0.39, 0.29) is 24.8 Å². The quantitative estimate of drug-likeness (QED) is 0.594. The lowest BCUT2D eigenvalue weighted by Crippen LogP contribution is -2.50. The molecule has 1 saturated heterocycles. The summed E-state index contributed by atoms with van der Waals surface area (Å²) in [6, 6.07) is 5.37. The monoisotopic (exact) mass is 472 g/mol. The zero-order valence-electron chi connectivity index (χ0n) is 19.7. The van der Waals surface area contributed by atoms with Crippen molar-refractivity contribution < 1.29 is 18.3 Å².